The Balaban J connectivity index is 2.33. The van der Waals surface area contributed by atoms with Crippen LogP contribution >= 0.6 is 11.6 Å². The van der Waals surface area contributed by atoms with E-state index in [1.165, 1.54) is 6.07 Å². The number of benzene rings is 1. The van der Waals surface area contributed by atoms with Gasteiger partial charge in [0, 0.05) is 18.6 Å². The normalized spacial score (nSPS) is 27.0. The topological polar surface area (TPSA) is 15.3 Å². The molecule has 1 fully saturated rings. The minimum atomic E-state index is -4.35. The van der Waals surface area contributed by atoms with Crippen LogP contribution in [0.25, 0.3) is 0 Å². The third-order valence-electron chi connectivity index (χ3n) is 4.52. The maximum absolute atomic E-state index is 12.9. The van der Waals surface area contributed by atoms with Crippen LogP contribution in [0.15, 0.2) is 18.2 Å². The molecule has 1 aliphatic rings. The van der Waals surface area contributed by atoms with E-state index in [1.54, 1.807) is 0 Å². The van der Waals surface area contributed by atoms with E-state index in [0.29, 0.717) is 29.2 Å². The van der Waals surface area contributed by atoms with E-state index in [0.717, 1.165) is 18.6 Å². The average Bonchev–Trinajstić information content (AvgIpc) is 2.41. The highest BCUT2D eigenvalue weighted by Crippen LogP contribution is 2.38. The number of anilines is 1. The number of nitrogens with zero attached hydrogens (tertiary/aromatic N) is 1. The molecule has 21 heavy (non-hydrogen) atoms. The highest BCUT2D eigenvalue weighted by molar-refractivity contribution is 6.33. The number of hydrogen-bond donors (Lipinski definition) is 1. The van der Waals surface area contributed by atoms with Gasteiger partial charge in [-0.2, -0.15) is 13.2 Å². The lowest BCUT2D eigenvalue weighted by atomic mass is 9.86. The molecule has 1 N–H and O–H groups in total. The summed E-state index contributed by atoms with van der Waals surface area (Å²) < 4.78 is 38.7. The molecule has 0 bridgehead atoms. The molecule has 0 aromatic heterocycles. The highest BCUT2D eigenvalue weighted by Gasteiger charge is 2.35. The van der Waals surface area contributed by atoms with Gasteiger partial charge in [-0.05, 0) is 44.5 Å². The molecule has 118 valence electrons. The monoisotopic (exact) mass is 320 g/mol. The second-order valence-corrected chi connectivity index (χ2v) is 6.05. The summed E-state index contributed by atoms with van der Waals surface area (Å²) in [5.41, 5.74) is -0.183. The van der Waals surface area contributed by atoms with Gasteiger partial charge in [0.25, 0.3) is 0 Å². The van der Waals surface area contributed by atoms with Gasteiger partial charge in [-0.25, -0.2) is 0 Å². The van der Waals surface area contributed by atoms with Gasteiger partial charge in [0.15, 0.2) is 0 Å². The first kappa shape index (κ1) is 16.4. The summed E-state index contributed by atoms with van der Waals surface area (Å²) in [5.74, 6) is 0.328. The van der Waals surface area contributed by atoms with Crippen LogP contribution in [0.2, 0.25) is 5.02 Å². The van der Waals surface area contributed by atoms with Gasteiger partial charge in [-0.1, -0.05) is 18.5 Å². The lowest BCUT2D eigenvalue weighted by Crippen LogP contribution is -2.52. The molecule has 3 atom stereocenters. The predicted octanol–water partition coefficient (Wildman–Crippen LogP) is 4.18. The van der Waals surface area contributed by atoms with Crippen LogP contribution in [0.5, 0.6) is 0 Å². The summed E-state index contributed by atoms with van der Waals surface area (Å²) in [6.07, 6.45) is -3.47. The Morgan fingerprint density at radius 3 is 2.52 bits per heavy atom. The van der Waals surface area contributed by atoms with Crippen molar-refractivity contribution in [3.8, 4) is 0 Å². The summed E-state index contributed by atoms with van der Waals surface area (Å²) in [5, 5.41) is 3.63. The summed E-state index contributed by atoms with van der Waals surface area (Å²) in [6, 6.07) is 4.02. The molecule has 6 heteroatoms. The fourth-order valence-corrected chi connectivity index (χ4v) is 3.25. The van der Waals surface area contributed by atoms with Crippen molar-refractivity contribution < 1.29 is 13.2 Å². The van der Waals surface area contributed by atoms with Crippen molar-refractivity contribution in [1.29, 1.82) is 0 Å². The average molecular weight is 321 g/mol. The first-order valence-electron chi connectivity index (χ1n) is 7.06. The van der Waals surface area contributed by atoms with E-state index in [-0.39, 0.29) is 6.04 Å². The summed E-state index contributed by atoms with van der Waals surface area (Å²) in [6.45, 7) is 4.84. The van der Waals surface area contributed by atoms with Crippen molar-refractivity contribution in [3.63, 3.8) is 0 Å². The minimum absolute atomic E-state index is 0.122. The minimum Gasteiger partial charge on any atom is -0.367 e. The van der Waals surface area contributed by atoms with Crippen LogP contribution in [0.3, 0.4) is 0 Å². The van der Waals surface area contributed by atoms with Crippen LogP contribution in [-0.4, -0.2) is 25.7 Å². The summed E-state index contributed by atoms with van der Waals surface area (Å²) in [4.78, 5) is 1.98. The van der Waals surface area contributed by atoms with Gasteiger partial charge < -0.3 is 10.2 Å². The molecule has 0 saturated carbocycles. The molecule has 0 radical (unpaired) electrons. The van der Waals surface area contributed by atoms with Crippen molar-refractivity contribution in [1.82, 2.24) is 5.32 Å². The molecule has 2 nitrogen and oxygen atoms in total. The zero-order chi connectivity index (χ0) is 15.8. The third kappa shape index (κ3) is 3.29. The third-order valence-corrected chi connectivity index (χ3v) is 4.84. The number of piperidine rings is 1. The van der Waals surface area contributed by atoms with Crippen LogP contribution < -0.4 is 10.2 Å². The zero-order valence-corrected chi connectivity index (χ0v) is 13.1. The number of halogens is 4. The number of hydrogen-bond acceptors (Lipinski definition) is 2. The van der Waals surface area contributed by atoms with E-state index in [4.69, 9.17) is 11.6 Å². The molecular formula is C15H20ClF3N2. The van der Waals surface area contributed by atoms with Crippen LogP contribution in [-0.2, 0) is 6.18 Å². The maximum atomic E-state index is 12.9. The van der Waals surface area contributed by atoms with Crippen molar-refractivity contribution in [2.24, 2.45) is 5.92 Å². The Labute approximate surface area is 128 Å². The fourth-order valence-electron chi connectivity index (χ4n) is 3.02. The van der Waals surface area contributed by atoms with Gasteiger partial charge in [0.05, 0.1) is 16.3 Å². The largest absolute Gasteiger partial charge is 0.416 e. The molecule has 3 unspecified atom stereocenters. The number of nitrogens with one attached hydrogen (secondary N) is 1. The number of alkyl halides is 3. The van der Waals surface area contributed by atoms with Gasteiger partial charge in [-0.3, -0.25) is 0 Å². The second kappa shape index (κ2) is 6.05. The zero-order valence-electron chi connectivity index (χ0n) is 12.3. The van der Waals surface area contributed by atoms with Crippen LogP contribution in [0.1, 0.15) is 25.8 Å². The SMILES string of the molecule is CNC1CCN(c2cc(C(F)(F)F)ccc2Cl)C(C)C1C. The van der Waals surface area contributed by atoms with Gasteiger partial charge >= 0.3 is 6.18 Å². The van der Waals surface area contributed by atoms with E-state index in [9.17, 15) is 13.2 Å². The first-order valence-corrected chi connectivity index (χ1v) is 7.44. The Morgan fingerprint density at radius 2 is 1.95 bits per heavy atom. The quantitative estimate of drug-likeness (QED) is 0.879. The summed E-state index contributed by atoms with van der Waals surface area (Å²) >= 11 is 6.14. The molecule has 0 spiro atoms. The molecule has 0 aliphatic carbocycles. The van der Waals surface area contributed by atoms with Crippen molar-refractivity contribution >= 4 is 17.3 Å². The van der Waals surface area contributed by atoms with E-state index in [2.05, 4.69) is 12.2 Å². The molecule has 0 amide bonds. The fraction of sp³-hybridized carbons (Fsp3) is 0.600. The maximum Gasteiger partial charge on any atom is 0.416 e. The van der Waals surface area contributed by atoms with Crippen LogP contribution in [0.4, 0.5) is 18.9 Å². The molecule has 1 aliphatic heterocycles. The van der Waals surface area contributed by atoms with Gasteiger partial charge in [-0.15, -0.1) is 0 Å². The van der Waals surface area contributed by atoms with Gasteiger partial charge in [0.1, 0.15) is 0 Å². The number of rotatable bonds is 2. The standard InChI is InChI=1S/C15H20ClF3N2/c1-9-10(2)21(7-6-13(9)20-3)14-8-11(15(17,18)19)4-5-12(14)16/h4-5,8-10,13,20H,6-7H2,1-3H3. The first-order chi connectivity index (χ1) is 9.75. The Hall–Kier alpha value is -0.940. The predicted molar refractivity (Wildman–Crippen MR) is 79.9 cm³/mol. The van der Waals surface area contributed by atoms with E-state index >= 15 is 0 Å². The Morgan fingerprint density at radius 1 is 1.29 bits per heavy atom. The van der Waals surface area contributed by atoms with E-state index < -0.39 is 11.7 Å². The van der Waals surface area contributed by atoms with Crippen molar-refractivity contribution in [2.45, 2.75) is 38.5 Å². The van der Waals surface area contributed by atoms with Crippen molar-refractivity contribution in [3.05, 3.63) is 28.8 Å². The highest BCUT2D eigenvalue weighted by atomic mass is 35.5. The lowest BCUT2D eigenvalue weighted by Gasteiger charge is -2.44. The summed E-state index contributed by atoms with van der Waals surface area (Å²) in [7, 11) is 1.92. The van der Waals surface area contributed by atoms with Gasteiger partial charge in [0.2, 0.25) is 0 Å². The molecule has 1 saturated heterocycles. The van der Waals surface area contributed by atoms with Crippen molar-refractivity contribution in [2.75, 3.05) is 18.5 Å². The molecule has 2 rings (SSSR count). The van der Waals surface area contributed by atoms with Crippen LogP contribution in [0, 0.1) is 5.92 Å². The lowest BCUT2D eigenvalue weighted by molar-refractivity contribution is -0.137. The van der Waals surface area contributed by atoms with E-state index in [1.807, 2.05) is 18.9 Å². The Kier molecular flexibility index (Phi) is 4.73. The molecule has 1 aromatic rings. The molecule has 1 heterocycles. The molecular weight excluding hydrogens is 301 g/mol. The molecule has 1 aromatic carbocycles. The second-order valence-electron chi connectivity index (χ2n) is 5.64. The Bertz CT molecular complexity index is 504. The smallest absolute Gasteiger partial charge is 0.367 e.